The monoisotopic (exact) mass is 415 g/mol. The Kier molecular flexibility index (Phi) is 5.52. The summed E-state index contributed by atoms with van der Waals surface area (Å²) in [6, 6.07) is 11.4. The average Bonchev–Trinajstić information content (AvgIpc) is 3.20. The first-order chi connectivity index (χ1) is 15.0. The molecule has 0 spiro atoms. The number of rotatable bonds is 5. The summed E-state index contributed by atoms with van der Waals surface area (Å²) in [5.74, 6) is -0.634. The molecule has 1 fully saturated rings. The van der Waals surface area contributed by atoms with Crippen LogP contribution in [-0.4, -0.2) is 44.3 Å². The lowest BCUT2D eigenvalue weighted by atomic mass is 9.81. The van der Waals surface area contributed by atoms with E-state index in [9.17, 15) is 15.2 Å². The van der Waals surface area contributed by atoms with Crippen molar-refractivity contribution in [3.8, 4) is 12.1 Å². The number of amides is 1. The number of anilines is 1. The number of pyridine rings is 1. The second-order valence-corrected chi connectivity index (χ2v) is 7.71. The van der Waals surface area contributed by atoms with Crippen LogP contribution in [0.3, 0.4) is 0 Å². The predicted molar refractivity (Wildman–Crippen MR) is 112 cm³/mol. The number of fused-ring (bicyclic) bond motifs is 1. The molecule has 3 aromatic heterocycles. The smallest absolute Gasteiger partial charge is 0.252 e. The highest BCUT2D eigenvalue weighted by Crippen LogP contribution is 2.38. The molecule has 0 aliphatic heterocycles. The number of aliphatic hydroxyl groups is 1. The highest BCUT2D eigenvalue weighted by atomic mass is 16.3. The highest BCUT2D eigenvalue weighted by Gasteiger charge is 2.34. The number of nitrogens with two attached hydrogens (primary N) is 1. The Hall–Kier alpha value is -3.95. The summed E-state index contributed by atoms with van der Waals surface area (Å²) in [5.41, 5.74) is 8.53. The molecule has 9 nitrogen and oxygen atoms in total. The van der Waals surface area contributed by atoms with Gasteiger partial charge in [0.25, 0.3) is 5.91 Å². The first kappa shape index (κ1) is 20.3. The van der Waals surface area contributed by atoms with Gasteiger partial charge >= 0.3 is 0 Å². The molecule has 31 heavy (non-hydrogen) atoms. The Balaban J connectivity index is 1.69. The van der Waals surface area contributed by atoms with Gasteiger partial charge in [-0.05, 0) is 43.5 Å². The normalized spacial score (nSPS) is 20.7. The van der Waals surface area contributed by atoms with E-state index in [1.54, 1.807) is 22.8 Å². The molecule has 156 valence electrons. The molecule has 0 aromatic carbocycles. The molecule has 1 amide bonds. The van der Waals surface area contributed by atoms with Crippen molar-refractivity contribution >= 4 is 17.1 Å². The molecular weight excluding hydrogens is 394 g/mol. The van der Waals surface area contributed by atoms with Crippen LogP contribution in [0.25, 0.3) is 5.52 Å². The number of hydrogen-bond donors (Lipinski definition) is 2. The van der Waals surface area contributed by atoms with Crippen LogP contribution in [0.2, 0.25) is 0 Å². The average molecular weight is 415 g/mol. The molecule has 3 heterocycles. The van der Waals surface area contributed by atoms with Gasteiger partial charge in [0, 0.05) is 30.0 Å². The minimum absolute atomic E-state index is 0.0169. The Morgan fingerprint density at radius 2 is 2.10 bits per heavy atom. The van der Waals surface area contributed by atoms with Gasteiger partial charge in [-0.15, -0.1) is 0 Å². The van der Waals surface area contributed by atoms with Crippen molar-refractivity contribution in [3.05, 3.63) is 59.7 Å². The van der Waals surface area contributed by atoms with Crippen molar-refractivity contribution in [3.63, 3.8) is 0 Å². The summed E-state index contributed by atoms with van der Waals surface area (Å²) in [4.78, 5) is 17.7. The largest absolute Gasteiger partial charge is 0.393 e. The summed E-state index contributed by atoms with van der Waals surface area (Å²) in [6.45, 7) is 0.0487. The number of primary amides is 1. The van der Waals surface area contributed by atoms with E-state index < -0.39 is 12.0 Å². The van der Waals surface area contributed by atoms with E-state index in [4.69, 9.17) is 11.0 Å². The van der Waals surface area contributed by atoms with E-state index in [1.165, 1.54) is 12.4 Å². The van der Waals surface area contributed by atoms with Gasteiger partial charge in [0.1, 0.15) is 12.6 Å². The second-order valence-electron chi connectivity index (χ2n) is 7.71. The Morgan fingerprint density at radius 1 is 1.26 bits per heavy atom. The first-order valence-electron chi connectivity index (χ1n) is 9.95. The molecule has 1 aliphatic rings. The van der Waals surface area contributed by atoms with E-state index in [0.717, 1.165) is 11.2 Å². The Labute approximate surface area is 178 Å². The number of aliphatic hydroxyl groups excluding tert-OH is 1. The van der Waals surface area contributed by atoms with Crippen LogP contribution in [0.5, 0.6) is 0 Å². The lowest BCUT2D eigenvalue weighted by Crippen LogP contribution is -2.43. The molecule has 4 rings (SSSR count). The number of nitrogens with zero attached hydrogens (tertiary/aromatic N) is 6. The first-order valence-corrected chi connectivity index (χ1v) is 9.95. The topological polar surface area (TPSA) is 144 Å². The zero-order chi connectivity index (χ0) is 22.0. The van der Waals surface area contributed by atoms with Gasteiger partial charge in [0.2, 0.25) is 0 Å². The van der Waals surface area contributed by atoms with E-state index >= 15 is 0 Å². The number of nitriles is 2. The maximum absolute atomic E-state index is 11.9. The fraction of sp³-hybridized carbons (Fsp3) is 0.318. The van der Waals surface area contributed by atoms with E-state index in [0.29, 0.717) is 30.5 Å². The van der Waals surface area contributed by atoms with Crippen LogP contribution in [0.15, 0.2) is 42.9 Å². The second kappa shape index (κ2) is 8.42. The lowest BCUT2D eigenvalue weighted by Gasteiger charge is -2.40. The molecule has 3 aromatic rings. The summed E-state index contributed by atoms with van der Waals surface area (Å²) in [7, 11) is 0. The molecule has 0 bridgehead atoms. The third-order valence-corrected chi connectivity index (χ3v) is 5.79. The molecule has 1 unspecified atom stereocenters. The maximum atomic E-state index is 11.9. The molecule has 0 saturated heterocycles. The Morgan fingerprint density at radius 3 is 2.84 bits per heavy atom. The molecular formula is C22H21N7O2. The fourth-order valence-electron chi connectivity index (χ4n) is 4.46. The third kappa shape index (κ3) is 3.91. The van der Waals surface area contributed by atoms with Crippen molar-refractivity contribution in [1.82, 2.24) is 14.6 Å². The summed E-state index contributed by atoms with van der Waals surface area (Å²) in [6.07, 6.45) is 5.58. The van der Waals surface area contributed by atoms with Crippen LogP contribution in [0.1, 0.15) is 46.8 Å². The zero-order valence-corrected chi connectivity index (χ0v) is 16.7. The van der Waals surface area contributed by atoms with Crippen molar-refractivity contribution in [2.45, 2.75) is 37.3 Å². The number of carbonyl (C=O) groups is 1. The van der Waals surface area contributed by atoms with Crippen LogP contribution >= 0.6 is 0 Å². The van der Waals surface area contributed by atoms with E-state index in [1.807, 2.05) is 17.0 Å². The Bertz CT molecular complexity index is 1210. The van der Waals surface area contributed by atoms with Crippen LogP contribution < -0.4 is 10.6 Å². The van der Waals surface area contributed by atoms with Crippen LogP contribution in [0.4, 0.5) is 5.69 Å². The van der Waals surface area contributed by atoms with Crippen molar-refractivity contribution in [2.24, 2.45) is 5.73 Å². The molecule has 1 aliphatic carbocycles. The minimum atomic E-state index is -0.617. The lowest BCUT2D eigenvalue weighted by molar-refractivity contribution is 0.0999. The molecule has 1 saturated carbocycles. The summed E-state index contributed by atoms with van der Waals surface area (Å²) >= 11 is 0. The fourth-order valence-corrected chi connectivity index (χ4v) is 4.46. The predicted octanol–water partition coefficient (Wildman–Crippen LogP) is 1.73. The molecule has 9 heteroatoms. The van der Waals surface area contributed by atoms with Crippen LogP contribution in [-0.2, 0) is 0 Å². The van der Waals surface area contributed by atoms with Gasteiger partial charge in [-0.3, -0.25) is 9.78 Å². The van der Waals surface area contributed by atoms with Gasteiger partial charge in [0.05, 0.1) is 40.7 Å². The SMILES string of the molecule is N#CCN(c1ccncc1C(N)=O)[C@H]1CC(c2ccc3cc(C#N)cnn23)C[C@@H](O)C1. The summed E-state index contributed by atoms with van der Waals surface area (Å²) in [5, 5.41) is 33.6. The maximum Gasteiger partial charge on any atom is 0.252 e. The highest BCUT2D eigenvalue weighted by molar-refractivity contribution is 5.98. The third-order valence-electron chi connectivity index (χ3n) is 5.79. The number of carbonyl (C=O) groups excluding carboxylic acids is 1. The van der Waals surface area contributed by atoms with Gasteiger partial charge in [-0.2, -0.15) is 15.6 Å². The van der Waals surface area contributed by atoms with E-state index in [-0.39, 0.29) is 24.1 Å². The van der Waals surface area contributed by atoms with Crippen molar-refractivity contribution in [2.75, 3.05) is 11.4 Å². The number of hydrogen-bond acceptors (Lipinski definition) is 7. The standard InChI is InChI=1S/C22H21N7O2/c23-4-6-28(21-3-5-26-13-19(21)22(25)31)17-8-15(9-18(30)10-17)20-2-1-16-7-14(11-24)12-27-29(16)20/h1-3,5,7,12-13,15,17-18,30H,6,8-10H2,(H2,25,31)/t15?,17-,18+/m0/s1. The van der Waals surface area contributed by atoms with E-state index in [2.05, 4.69) is 22.2 Å². The van der Waals surface area contributed by atoms with Gasteiger partial charge < -0.3 is 15.7 Å². The zero-order valence-electron chi connectivity index (χ0n) is 16.7. The van der Waals surface area contributed by atoms with Gasteiger partial charge in [-0.25, -0.2) is 4.52 Å². The van der Waals surface area contributed by atoms with Crippen LogP contribution in [0, 0.1) is 22.7 Å². The van der Waals surface area contributed by atoms with Gasteiger partial charge in [0.15, 0.2) is 0 Å². The molecule has 3 N–H and O–H groups in total. The number of aromatic nitrogens is 3. The van der Waals surface area contributed by atoms with Crippen molar-refractivity contribution in [1.29, 1.82) is 10.5 Å². The van der Waals surface area contributed by atoms with Gasteiger partial charge in [-0.1, -0.05) is 0 Å². The summed E-state index contributed by atoms with van der Waals surface area (Å²) < 4.78 is 1.79. The minimum Gasteiger partial charge on any atom is -0.393 e. The molecule has 3 atom stereocenters. The molecule has 0 radical (unpaired) electrons. The van der Waals surface area contributed by atoms with Crippen molar-refractivity contribution < 1.29 is 9.90 Å². The quantitative estimate of drug-likeness (QED) is 0.604.